The molecule has 14 heavy (non-hydrogen) atoms. The van der Waals surface area contributed by atoms with Crippen LogP contribution in [-0.4, -0.2) is 25.3 Å². The Bertz CT molecular complexity index is 191. The Hall–Kier alpha value is -0.410. The molecule has 0 aliphatic heterocycles. The Morgan fingerprint density at radius 1 is 1.29 bits per heavy atom. The van der Waals surface area contributed by atoms with Crippen LogP contribution in [0.2, 0.25) is 0 Å². The summed E-state index contributed by atoms with van der Waals surface area (Å²) in [6.45, 7) is 7.03. The zero-order valence-electron chi connectivity index (χ0n) is 9.34. The Labute approximate surface area is 85.8 Å². The SMILES string of the molecule is CCOC(CC(=O)C1(C)CC1)OCC. The molecule has 0 atom stereocenters. The minimum absolute atomic E-state index is 0.0630. The van der Waals surface area contributed by atoms with Gasteiger partial charge in [0.1, 0.15) is 5.78 Å². The van der Waals surface area contributed by atoms with E-state index in [1.54, 1.807) is 0 Å². The van der Waals surface area contributed by atoms with E-state index in [2.05, 4.69) is 0 Å². The summed E-state index contributed by atoms with van der Waals surface area (Å²) in [4.78, 5) is 11.7. The van der Waals surface area contributed by atoms with E-state index in [0.29, 0.717) is 19.6 Å². The molecule has 0 aromatic rings. The van der Waals surface area contributed by atoms with Crippen LogP contribution in [0.3, 0.4) is 0 Å². The number of ketones is 1. The minimum atomic E-state index is -0.338. The molecule has 0 spiro atoms. The van der Waals surface area contributed by atoms with E-state index < -0.39 is 0 Å². The highest BCUT2D eigenvalue weighted by atomic mass is 16.7. The molecule has 0 amide bonds. The number of rotatable bonds is 7. The van der Waals surface area contributed by atoms with Gasteiger partial charge in [-0.2, -0.15) is 0 Å². The number of hydrogen-bond donors (Lipinski definition) is 0. The highest BCUT2D eigenvalue weighted by molar-refractivity contribution is 5.87. The summed E-state index contributed by atoms with van der Waals surface area (Å²) in [5, 5.41) is 0. The molecule has 0 radical (unpaired) electrons. The lowest BCUT2D eigenvalue weighted by molar-refractivity contribution is -0.154. The molecule has 0 aromatic carbocycles. The van der Waals surface area contributed by atoms with Crippen LogP contribution in [0.4, 0.5) is 0 Å². The van der Waals surface area contributed by atoms with Crippen molar-refractivity contribution in [2.24, 2.45) is 5.41 Å². The third-order valence-electron chi connectivity index (χ3n) is 2.73. The molecule has 0 bridgehead atoms. The number of hydrogen-bond acceptors (Lipinski definition) is 3. The van der Waals surface area contributed by atoms with Crippen molar-refractivity contribution in [2.75, 3.05) is 13.2 Å². The van der Waals surface area contributed by atoms with Crippen LogP contribution in [-0.2, 0) is 14.3 Å². The molecule has 0 saturated heterocycles. The van der Waals surface area contributed by atoms with Gasteiger partial charge in [-0.1, -0.05) is 6.92 Å². The van der Waals surface area contributed by atoms with Crippen LogP contribution < -0.4 is 0 Å². The van der Waals surface area contributed by atoms with Gasteiger partial charge < -0.3 is 9.47 Å². The van der Waals surface area contributed by atoms with E-state index in [1.165, 1.54) is 0 Å². The van der Waals surface area contributed by atoms with Crippen LogP contribution in [0, 0.1) is 5.41 Å². The third-order valence-corrected chi connectivity index (χ3v) is 2.73. The standard InChI is InChI=1S/C11H20O3/c1-4-13-10(14-5-2)8-9(12)11(3)6-7-11/h10H,4-8H2,1-3H3. The van der Waals surface area contributed by atoms with Gasteiger partial charge in [0, 0.05) is 18.6 Å². The summed E-state index contributed by atoms with van der Waals surface area (Å²) in [7, 11) is 0. The van der Waals surface area contributed by atoms with Gasteiger partial charge in [-0.05, 0) is 26.7 Å². The molecule has 1 fully saturated rings. The van der Waals surface area contributed by atoms with E-state index >= 15 is 0 Å². The summed E-state index contributed by atoms with van der Waals surface area (Å²) >= 11 is 0. The molecule has 3 nitrogen and oxygen atoms in total. The van der Waals surface area contributed by atoms with Gasteiger partial charge >= 0.3 is 0 Å². The summed E-state index contributed by atoms with van der Waals surface area (Å²) in [5.74, 6) is 0.282. The van der Waals surface area contributed by atoms with Gasteiger partial charge in [0.2, 0.25) is 0 Å². The largest absolute Gasteiger partial charge is 0.352 e. The van der Waals surface area contributed by atoms with Crippen molar-refractivity contribution >= 4 is 5.78 Å². The topological polar surface area (TPSA) is 35.5 Å². The molecule has 0 N–H and O–H groups in total. The van der Waals surface area contributed by atoms with Crippen molar-refractivity contribution in [3.63, 3.8) is 0 Å². The summed E-state index contributed by atoms with van der Waals surface area (Å²) in [5.41, 5.74) is -0.0630. The highest BCUT2D eigenvalue weighted by Gasteiger charge is 2.44. The Morgan fingerprint density at radius 3 is 2.14 bits per heavy atom. The fraction of sp³-hybridized carbons (Fsp3) is 0.909. The minimum Gasteiger partial charge on any atom is -0.352 e. The van der Waals surface area contributed by atoms with Crippen molar-refractivity contribution in [3.05, 3.63) is 0 Å². The Morgan fingerprint density at radius 2 is 1.79 bits per heavy atom. The van der Waals surface area contributed by atoms with Crippen LogP contribution in [0.15, 0.2) is 0 Å². The van der Waals surface area contributed by atoms with Gasteiger partial charge in [0.25, 0.3) is 0 Å². The number of Topliss-reactive ketones (excluding diaryl/α,β-unsaturated/α-hetero) is 1. The van der Waals surface area contributed by atoms with Gasteiger partial charge in [-0.3, -0.25) is 4.79 Å². The monoisotopic (exact) mass is 200 g/mol. The summed E-state index contributed by atoms with van der Waals surface area (Å²) in [6, 6.07) is 0. The van der Waals surface area contributed by atoms with E-state index in [-0.39, 0.29) is 17.5 Å². The van der Waals surface area contributed by atoms with E-state index in [0.717, 1.165) is 12.8 Å². The summed E-state index contributed by atoms with van der Waals surface area (Å²) < 4.78 is 10.7. The van der Waals surface area contributed by atoms with Crippen LogP contribution in [0.5, 0.6) is 0 Å². The predicted molar refractivity (Wildman–Crippen MR) is 54.0 cm³/mol. The van der Waals surface area contributed by atoms with Crippen molar-refractivity contribution < 1.29 is 14.3 Å². The first-order valence-electron chi connectivity index (χ1n) is 5.39. The number of ether oxygens (including phenoxy) is 2. The maximum Gasteiger partial charge on any atom is 0.164 e. The van der Waals surface area contributed by atoms with E-state index in [4.69, 9.17) is 9.47 Å². The van der Waals surface area contributed by atoms with E-state index in [1.807, 2.05) is 20.8 Å². The lowest BCUT2D eigenvalue weighted by Gasteiger charge is -2.17. The van der Waals surface area contributed by atoms with Crippen LogP contribution >= 0.6 is 0 Å². The first-order chi connectivity index (χ1) is 6.62. The molecule has 1 rings (SSSR count). The lowest BCUT2D eigenvalue weighted by atomic mass is 10.0. The molecular weight excluding hydrogens is 180 g/mol. The van der Waals surface area contributed by atoms with Crippen molar-refractivity contribution in [1.82, 2.24) is 0 Å². The quantitative estimate of drug-likeness (QED) is 0.591. The Balaban J connectivity index is 2.34. The smallest absolute Gasteiger partial charge is 0.164 e. The molecule has 0 unspecified atom stereocenters. The molecule has 3 heteroatoms. The molecule has 1 aliphatic carbocycles. The summed E-state index contributed by atoms with van der Waals surface area (Å²) in [6.07, 6.45) is 2.11. The van der Waals surface area contributed by atoms with Crippen molar-refractivity contribution in [3.8, 4) is 0 Å². The Kier molecular flexibility index (Phi) is 4.08. The van der Waals surface area contributed by atoms with Crippen LogP contribution in [0.25, 0.3) is 0 Å². The predicted octanol–water partition coefficient (Wildman–Crippen LogP) is 2.14. The normalized spacial score (nSPS) is 18.6. The van der Waals surface area contributed by atoms with Crippen molar-refractivity contribution in [1.29, 1.82) is 0 Å². The average Bonchev–Trinajstić information content (AvgIpc) is 2.86. The number of carbonyl (C=O) groups excluding carboxylic acids is 1. The van der Waals surface area contributed by atoms with Crippen molar-refractivity contribution in [2.45, 2.75) is 46.3 Å². The zero-order chi connectivity index (χ0) is 10.6. The fourth-order valence-electron chi connectivity index (χ4n) is 1.40. The average molecular weight is 200 g/mol. The highest BCUT2D eigenvalue weighted by Crippen LogP contribution is 2.46. The second-order valence-corrected chi connectivity index (χ2v) is 4.03. The van der Waals surface area contributed by atoms with Gasteiger partial charge in [-0.25, -0.2) is 0 Å². The maximum atomic E-state index is 11.7. The zero-order valence-corrected chi connectivity index (χ0v) is 9.34. The first-order valence-corrected chi connectivity index (χ1v) is 5.39. The lowest BCUT2D eigenvalue weighted by Crippen LogP contribution is -2.25. The van der Waals surface area contributed by atoms with Gasteiger partial charge in [0.05, 0.1) is 6.42 Å². The molecule has 1 saturated carbocycles. The molecule has 0 aromatic heterocycles. The molecular formula is C11H20O3. The second kappa shape index (κ2) is 4.89. The fourth-order valence-corrected chi connectivity index (χ4v) is 1.40. The third kappa shape index (κ3) is 3.07. The van der Waals surface area contributed by atoms with Crippen LogP contribution in [0.1, 0.15) is 40.0 Å². The molecule has 82 valence electrons. The number of carbonyl (C=O) groups is 1. The molecule has 1 aliphatic rings. The van der Waals surface area contributed by atoms with E-state index in [9.17, 15) is 4.79 Å². The van der Waals surface area contributed by atoms with Gasteiger partial charge in [0.15, 0.2) is 6.29 Å². The van der Waals surface area contributed by atoms with Gasteiger partial charge in [-0.15, -0.1) is 0 Å². The first kappa shape index (κ1) is 11.7. The molecule has 0 heterocycles. The second-order valence-electron chi connectivity index (χ2n) is 4.03. The maximum absolute atomic E-state index is 11.7.